The van der Waals surface area contributed by atoms with Crippen molar-refractivity contribution in [2.45, 2.75) is 23.9 Å². The first-order chi connectivity index (χ1) is 12.5. The van der Waals surface area contributed by atoms with Crippen LogP contribution in [0.15, 0.2) is 46.1 Å². The molecule has 1 aromatic carbocycles. The summed E-state index contributed by atoms with van der Waals surface area (Å²) in [5.74, 6) is 0.265. The second-order valence-corrected chi connectivity index (χ2v) is 7.69. The minimum atomic E-state index is -3.78. The summed E-state index contributed by atoms with van der Waals surface area (Å²) >= 11 is 0. The zero-order valence-electron chi connectivity index (χ0n) is 14.3. The Morgan fingerprint density at radius 3 is 2.92 bits per heavy atom. The lowest BCUT2D eigenvalue weighted by atomic mass is 10.2. The number of sulfonamides is 1. The van der Waals surface area contributed by atoms with Gasteiger partial charge in [-0.15, -0.1) is 0 Å². The number of rotatable bonds is 7. The molecule has 0 radical (unpaired) electrons. The van der Waals surface area contributed by atoms with Gasteiger partial charge in [-0.25, -0.2) is 13.1 Å². The van der Waals surface area contributed by atoms with E-state index in [1.807, 2.05) is 12.3 Å². The van der Waals surface area contributed by atoms with E-state index in [1.165, 1.54) is 18.1 Å². The topological polar surface area (TPSA) is 108 Å². The third-order valence-corrected chi connectivity index (χ3v) is 5.72. The number of furan rings is 1. The van der Waals surface area contributed by atoms with Gasteiger partial charge in [0.15, 0.2) is 6.19 Å². The van der Waals surface area contributed by atoms with E-state index in [9.17, 15) is 8.42 Å². The summed E-state index contributed by atoms with van der Waals surface area (Å²) in [6.07, 6.45) is 5.83. The maximum Gasteiger partial charge on any atom is 0.244 e. The summed E-state index contributed by atoms with van der Waals surface area (Å²) in [7, 11) is -2.35. The Hall–Kier alpha value is -2.70. The first-order valence-electron chi connectivity index (χ1n) is 8.12. The monoisotopic (exact) mass is 376 g/mol. The highest BCUT2D eigenvalue weighted by Gasteiger charge is 2.28. The number of hydrogen-bond donors (Lipinski definition) is 2. The normalized spacial score (nSPS) is 17.1. The molecule has 1 unspecified atom stereocenters. The third kappa shape index (κ3) is 4.09. The Bertz CT molecular complexity index is 890. The van der Waals surface area contributed by atoms with Gasteiger partial charge >= 0.3 is 0 Å². The van der Waals surface area contributed by atoms with E-state index < -0.39 is 10.0 Å². The zero-order chi connectivity index (χ0) is 18.6. The highest BCUT2D eigenvalue weighted by Crippen LogP contribution is 2.28. The number of nitrogens with one attached hydrogen (secondary N) is 2. The van der Waals surface area contributed by atoms with Crippen LogP contribution in [0.1, 0.15) is 12.0 Å². The van der Waals surface area contributed by atoms with Gasteiger partial charge in [0, 0.05) is 36.9 Å². The maximum atomic E-state index is 12.8. The van der Waals surface area contributed by atoms with Crippen LogP contribution in [-0.4, -0.2) is 39.6 Å². The van der Waals surface area contributed by atoms with Crippen molar-refractivity contribution in [3.8, 4) is 11.9 Å². The Morgan fingerprint density at radius 2 is 2.27 bits per heavy atom. The van der Waals surface area contributed by atoms with E-state index >= 15 is 0 Å². The molecule has 0 aliphatic carbocycles. The largest absolute Gasteiger partial charge is 0.495 e. The van der Waals surface area contributed by atoms with Crippen LogP contribution in [-0.2, 0) is 16.6 Å². The Kier molecular flexibility index (Phi) is 5.35. The molecule has 3 rings (SSSR count). The molecule has 2 N–H and O–H groups in total. The fraction of sp³-hybridized carbons (Fsp3) is 0.353. The number of likely N-dealkylation sites (tertiary alicyclic amines) is 1. The highest BCUT2D eigenvalue weighted by atomic mass is 32.2. The van der Waals surface area contributed by atoms with E-state index in [1.54, 1.807) is 24.7 Å². The molecule has 26 heavy (non-hydrogen) atoms. The fourth-order valence-corrected chi connectivity index (χ4v) is 4.28. The van der Waals surface area contributed by atoms with Crippen LogP contribution in [0.4, 0.5) is 5.69 Å². The molecule has 9 heteroatoms. The maximum absolute atomic E-state index is 12.8. The van der Waals surface area contributed by atoms with Crippen LogP contribution in [0, 0.1) is 11.5 Å². The molecule has 1 aliphatic rings. The van der Waals surface area contributed by atoms with Gasteiger partial charge in [-0.1, -0.05) is 0 Å². The number of ether oxygens (including phenoxy) is 1. The van der Waals surface area contributed by atoms with E-state index in [0.717, 1.165) is 5.56 Å². The first kappa shape index (κ1) is 18.1. The summed E-state index contributed by atoms with van der Waals surface area (Å²) in [4.78, 5) is 1.60. The number of anilines is 1. The molecule has 1 atom stereocenters. The molecule has 0 saturated carbocycles. The second-order valence-electron chi connectivity index (χ2n) is 6.00. The Balaban J connectivity index is 1.77. The summed E-state index contributed by atoms with van der Waals surface area (Å²) in [6.45, 7) is 1.43. The number of benzene rings is 1. The number of nitriles is 1. The molecule has 0 spiro atoms. The summed E-state index contributed by atoms with van der Waals surface area (Å²) in [5.41, 5.74) is 1.60. The van der Waals surface area contributed by atoms with Gasteiger partial charge in [0.05, 0.1) is 19.6 Å². The van der Waals surface area contributed by atoms with Crippen LogP contribution < -0.4 is 14.8 Å². The molecule has 2 heterocycles. The molecule has 0 amide bonds. The number of nitrogens with zero attached hydrogens (tertiary/aromatic N) is 2. The van der Waals surface area contributed by atoms with Crippen LogP contribution in [0.25, 0.3) is 0 Å². The minimum absolute atomic E-state index is 0.0626. The van der Waals surface area contributed by atoms with Gasteiger partial charge in [0.25, 0.3) is 0 Å². The first-order valence-corrected chi connectivity index (χ1v) is 9.60. The quantitative estimate of drug-likeness (QED) is 0.709. The van der Waals surface area contributed by atoms with Gasteiger partial charge in [0.1, 0.15) is 10.6 Å². The van der Waals surface area contributed by atoms with Crippen molar-refractivity contribution < 1.29 is 17.6 Å². The lowest BCUT2D eigenvalue weighted by Crippen LogP contribution is -2.36. The van der Waals surface area contributed by atoms with Crippen LogP contribution in [0.3, 0.4) is 0 Å². The fourth-order valence-electron chi connectivity index (χ4n) is 2.82. The zero-order valence-corrected chi connectivity index (χ0v) is 15.1. The van der Waals surface area contributed by atoms with Crippen molar-refractivity contribution in [3.05, 3.63) is 42.4 Å². The Labute approximate surface area is 152 Å². The predicted octanol–water partition coefficient (Wildman–Crippen LogP) is 1.73. The lowest BCUT2D eigenvalue weighted by Gasteiger charge is -2.16. The molecule has 2 aromatic rings. The van der Waals surface area contributed by atoms with Crippen molar-refractivity contribution in [1.29, 1.82) is 5.26 Å². The van der Waals surface area contributed by atoms with E-state index in [-0.39, 0.29) is 16.7 Å². The van der Waals surface area contributed by atoms with Crippen molar-refractivity contribution in [2.75, 3.05) is 25.5 Å². The highest BCUT2D eigenvalue weighted by molar-refractivity contribution is 7.89. The van der Waals surface area contributed by atoms with Gasteiger partial charge in [-0.2, -0.15) is 5.26 Å². The van der Waals surface area contributed by atoms with Crippen molar-refractivity contribution in [1.82, 2.24) is 9.62 Å². The van der Waals surface area contributed by atoms with E-state index in [4.69, 9.17) is 14.4 Å². The third-order valence-electron chi connectivity index (χ3n) is 4.18. The second kappa shape index (κ2) is 7.68. The molecule has 1 fully saturated rings. The van der Waals surface area contributed by atoms with Crippen LogP contribution >= 0.6 is 0 Å². The molecule has 138 valence electrons. The Morgan fingerprint density at radius 1 is 1.42 bits per heavy atom. The molecular weight excluding hydrogens is 356 g/mol. The van der Waals surface area contributed by atoms with E-state index in [0.29, 0.717) is 31.7 Å². The van der Waals surface area contributed by atoms with Crippen molar-refractivity contribution in [2.24, 2.45) is 0 Å². The smallest absolute Gasteiger partial charge is 0.244 e. The molecular formula is C17H20N4O4S. The van der Waals surface area contributed by atoms with Crippen molar-refractivity contribution >= 4 is 15.7 Å². The molecule has 1 aromatic heterocycles. The standard InChI is InChI=1S/C17H20N4O4S/c1-24-16-3-2-14(19-9-13-5-7-25-11-13)8-17(16)26(22,23)20-15-4-6-21(10-15)12-18/h2-3,5,7-8,11,15,19-20H,4,6,9-10H2,1H3. The SMILES string of the molecule is COc1ccc(NCc2ccoc2)cc1S(=O)(=O)NC1CCN(C#N)C1. The summed E-state index contributed by atoms with van der Waals surface area (Å²) < 4.78 is 38.5. The van der Waals surface area contributed by atoms with Gasteiger partial charge in [0.2, 0.25) is 10.0 Å². The van der Waals surface area contributed by atoms with Gasteiger partial charge in [-0.3, -0.25) is 0 Å². The van der Waals surface area contributed by atoms with Crippen LogP contribution in [0.2, 0.25) is 0 Å². The molecule has 1 aliphatic heterocycles. The predicted molar refractivity (Wildman–Crippen MR) is 94.9 cm³/mol. The van der Waals surface area contributed by atoms with E-state index in [2.05, 4.69) is 10.0 Å². The van der Waals surface area contributed by atoms with Crippen LogP contribution in [0.5, 0.6) is 5.75 Å². The van der Waals surface area contributed by atoms with Gasteiger partial charge in [-0.05, 0) is 30.7 Å². The average molecular weight is 376 g/mol. The lowest BCUT2D eigenvalue weighted by molar-refractivity contribution is 0.402. The number of methoxy groups -OCH3 is 1. The molecule has 1 saturated heterocycles. The number of hydrogen-bond acceptors (Lipinski definition) is 7. The van der Waals surface area contributed by atoms with Crippen molar-refractivity contribution in [3.63, 3.8) is 0 Å². The molecule has 8 nitrogen and oxygen atoms in total. The minimum Gasteiger partial charge on any atom is -0.495 e. The van der Waals surface area contributed by atoms with Gasteiger partial charge < -0.3 is 19.4 Å². The summed E-state index contributed by atoms with van der Waals surface area (Å²) in [5, 5.41) is 12.1. The molecule has 0 bridgehead atoms. The average Bonchev–Trinajstić information content (AvgIpc) is 3.31. The summed E-state index contributed by atoms with van der Waals surface area (Å²) in [6, 6.07) is 6.44.